The van der Waals surface area contributed by atoms with E-state index in [1.807, 2.05) is 97.1 Å². The molecule has 0 N–H and O–H groups in total. The molecule has 0 saturated heterocycles. The van der Waals surface area contributed by atoms with Crippen LogP contribution in [0.2, 0.25) is 0 Å². The third kappa shape index (κ3) is 4.83. The van der Waals surface area contributed by atoms with Gasteiger partial charge >= 0.3 is 0 Å². The number of nitrogens with zero attached hydrogens (tertiary/aromatic N) is 4. The first-order chi connectivity index (χ1) is 29.3. The lowest BCUT2D eigenvalue weighted by molar-refractivity contribution is 0.669. The van der Waals surface area contributed by atoms with Gasteiger partial charge in [-0.2, -0.15) is 0 Å². The van der Waals surface area contributed by atoms with E-state index in [4.69, 9.17) is 24.9 Å². The molecule has 0 fully saturated rings. The minimum atomic E-state index is -0.461. The van der Waals surface area contributed by atoms with E-state index in [2.05, 4.69) is 53.1 Å². The van der Waals surface area contributed by atoms with Gasteiger partial charge in [-0.3, -0.25) is 0 Å². The lowest BCUT2D eigenvalue weighted by Gasteiger charge is -2.12. The molecule has 0 bridgehead atoms. The van der Waals surface area contributed by atoms with Crippen LogP contribution in [0, 0.1) is 0 Å². The molecule has 0 aliphatic heterocycles. The van der Waals surface area contributed by atoms with Crippen molar-refractivity contribution >= 4 is 54.5 Å². The van der Waals surface area contributed by atoms with Gasteiger partial charge in [0.1, 0.15) is 11.2 Å². The van der Waals surface area contributed by atoms with Gasteiger partial charge in [0.05, 0.1) is 19.3 Å². The van der Waals surface area contributed by atoms with E-state index in [9.17, 15) is 2.74 Å². The smallest absolute Gasteiger partial charge is 0.164 e. The first-order valence-electron chi connectivity index (χ1n) is 20.6. The van der Waals surface area contributed by atoms with Crippen LogP contribution in [-0.4, -0.2) is 19.5 Å². The van der Waals surface area contributed by atoms with Crippen molar-refractivity contribution in [1.82, 2.24) is 19.5 Å². The first-order valence-corrected chi connectivity index (χ1v) is 17.6. The van der Waals surface area contributed by atoms with Crippen molar-refractivity contribution < 1.29 is 12.6 Å². The van der Waals surface area contributed by atoms with Gasteiger partial charge in [0, 0.05) is 43.9 Å². The summed E-state index contributed by atoms with van der Waals surface area (Å²) in [5, 5.41) is 4.82. The van der Waals surface area contributed by atoms with Crippen LogP contribution in [0.25, 0.3) is 105 Å². The van der Waals surface area contributed by atoms with Gasteiger partial charge < -0.3 is 8.98 Å². The van der Waals surface area contributed by atoms with Crippen LogP contribution in [0.15, 0.2) is 186 Å². The van der Waals surface area contributed by atoms with E-state index in [-0.39, 0.29) is 63.1 Å². The molecule has 54 heavy (non-hydrogen) atoms. The Kier molecular flexibility index (Phi) is 5.55. The van der Waals surface area contributed by atoms with Gasteiger partial charge in [-0.25, -0.2) is 15.0 Å². The van der Waals surface area contributed by atoms with Crippen LogP contribution in [0.4, 0.5) is 0 Å². The summed E-state index contributed by atoms with van der Waals surface area (Å²) in [5.41, 5.74) is 5.25. The molecule has 5 nitrogen and oxygen atoms in total. The molecule has 0 spiro atoms. The molecule has 0 aliphatic rings. The van der Waals surface area contributed by atoms with Gasteiger partial charge in [0.2, 0.25) is 0 Å². The summed E-state index contributed by atoms with van der Waals surface area (Å²) >= 11 is 0. The van der Waals surface area contributed by atoms with Crippen molar-refractivity contribution in [2.24, 2.45) is 0 Å². The van der Waals surface area contributed by atoms with Crippen molar-refractivity contribution in [3.05, 3.63) is 182 Å². The fourth-order valence-corrected chi connectivity index (χ4v) is 7.51. The Morgan fingerprint density at radius 1 is 0.444 bits per heavy atom. The highest BCUT2D eigenvalue weighted by molar-refractivity contribution is 6.21. The summed E-state index contributed by atoms with van der Waals surface area (Å²) in [5.74, 6) is 0.797. The Balaban J connectivity index is 1.19. The predicted octanol–water partition coefficient (Wildman–Crippen LogP) is 12.7. The van der Waals surface area contributed by atoms with Crippen LogP contribution in [0.1, 0.15) is 8.22 Å². The number of hydrogen-bond acceptors (Lipinski definition) is 4. The fourth-order valence-electron chi connectivity index (χ4n) is 7.51. The molecule has 252 valence electrons. The summed E-state index contributed by atoms with van der Waals surface area (Å²) in [4.78, 5) is 14.7. The molecular formula is C49H30N4O. The summed E-state index contributed by atoms with van der Waals surface area (Å²) in [7, 11) is 0. The van der Waals surface area contributed by atoms with Crippen LogP contribution in [-0.2, 0) is 0 Å². The third-order valence-corrected chi connectivity index (χ3v) is 9.97. The van der Waals surface area contributed by atoms with E-state index in [1.165, 1.54) is 0 Å². The van der Waals surface area contributed by atoms with E-state index in [0.717, 1.165) is 38.3 Å². The second-order valence-corrected chi connectivity index (χ2v) is 13.1. The molecule has 3 heterocycles. The maximum atomic E-state index is 9.95. The molecule has 0 radical (unpaired) electrons. The molecule has 8 aromatic carbocycles. The van der Waals surface area contributed by atoms with E-state index >= 15 is 0 Å². The average Bonchev–Trinajstić information content (AvgIpc) is 3.86. The minimum Gasteiger partial charge on any atom is -0.456 e. The maximum absolute atomic E-state index is 9.95. The number of para-hydroxylation sites is 2. The molecule has 11 rings (SSSR count). The highest BCUT2D eigenvalue weighted by Crippen LogP contribution is 2.41. The van der Waals surface area contributed by atoms with Crippen LogP contribution < -0.4 is 0 Å². The zero-order valence-electron chi connectivity index (χ0n) is 34.6. The normalized spacial score (nSPS) is 13.3. The van der Waals surface area contributed by atoms with Gasteiger partial charge in [-0.15, -0.1) is 0 Å². The first kappa shape index (κ1) is 24.8. The second kappa shape index (κ2) is 12.1. The molecule has 0 atom stereocenters. The Hall–Kier alpha value is -7.37. The van der Waals surface area contributed by atoms with Crippen molar-refractivity contribution in [1.29, 1.82) is 0 Å². The SMILES string of the molecule is [2H]c1c([2H])c([2H])c2c(oc3c([2H])c(-c4ccc(-n5c6ccccc6c6c7ccccc7ccc65)cc4)c([2H])c(-c4nc(-c5ccccc5)nc(-c5ccccc5)n4)c32)c1[2H]. The van der Waals surface area contributed by atoms with Crippen LogP contribution in [0.3, 0.4) is 0 Å². The second-order valence-electron chi connectivity index (χ2n) is 13.1. The number of fused-ring (bicyclic) bond motifs is 8. The molecule has 0 unspecified atom stereocenters. The van der Waals surface area contributed by atoms with Crippen LogP contribution in [0.5, 0.6) is 0 Å². The number of furan rings is 1. The molecule has 5 heteroatoms. The number of rotatable bonds is 5. The highest BCUT2D eigenvalue weighted by Gasteiger charge is 2.20. The summed E-state index contributed by atoms with van der Waals surface area (Å²) < 4.78 is 62.9. The Bertz CT molecular complexity index is 3490. The van der Waals surface area contributed by atoms with Crippen molar-refractivity contribution in [2.75, 3.05) is 0 Å². The molecule has 11 aromatic rings. The number of aromatic nitrogens is 4. The van der Waals surface area contributed by atoms with Crippen molar-refractivity contribution in [3.8, 4) is 51.0 Å². The van der Waals surface area contributed by atoms with E-state index in [0.29, 0.717) is 28.3 Å². The third-order valence-electron chi connectivity index (χ3n) is 9.97. The molecule has 0 saturated carbocycles. The zero-order chi connectivity index (χ0) is 40.8. The summed E-state index contributed by atoms with van der Waals surface area (Å²) in [6.45, 7) is 0. The van der Waals surface area contributed by atoms with Crippen molar-refractivity contribution in [3.63, 3.8) is 0 Å². The Morgan fingerprint density at radius 3 is 1.85 bits per heavy atom. The average molecular weight is 697 g/mol. The summed E-state index contributed by atoms with van der Waals surface area (Å²) in [6.07, 6.45) is 0. The lowest BCUT2D eigenvalue weighted by atomic mass is 9.98. The molecule has 0 amide bonds. The molecule has 3 aromatic heterocycles. The predicted molar refractivity (Wildman–Crippen MR) is 221 cm³/mol. The largest absolute Gasteiger partial charge is 0.456 e. The molecular weight excluding hydrogens is 661 g/mol. The quantitative estimate of drug-likeness (QED) is 0.180. The summed E-state index contributed by atoms with van der Waals surface area (Å²) in [6, 6.07) is 45.7. The van der Waals surface area contributed by atoms with Crippen LogP contribution >= 0.6 is 0 Å². The van der Waals surface area contributed by atoms with Gasteiger partial charge in [0.25, 0.3) is 0 Å². The van der Waals surface area contributed by atoms with Crippen molar-refractivity contribution in [2.45, 2.75) is 0 Å². The molecule has 0 aliphatic carbocycles. The Morgan fingerprint density at radius 2 is 1.09 bits per heavy atom. The zero-order valence-corrected chi connectivity index (χ0v) is 28.6. The topological polar surface area (TPSA) is 56.7 Å². The number of benzene rings is 8. The Labute approximate surface area is 318 Å². The van der Waals surface area contributed by atoms with E-state index in [1.54, 1.807) is 0 Å². The highest BCUT2D eigenvalue weighted by atomic mass is 16.3. The standard InChI is InChI=1S/C49H30N4O/c1-3-14-33(15-4-1)47-50-48(34-16-5-2-6-17-34)52-49(51-47)40-29-35(30-44-46(40)39-20-10-12-22-43(39)54-44)31-23-26-36(27-24-31)53-41-21-11-9-19-38(41)45-37-18-8-7-13-32(37)25-28-42(45)53/h1-30H/i10D,12D,20D,22D,29D,30D. The number of hydrogen-bond donors (Lipinski definition) is 0. The fraction of sp³-hybridized carbons (Fsp3) is 0. The maximum Gasteiger partial charge on any atom is 0.164 e. The van der Waals surface area contributed by atoms with Gasteiger partial charge in [0.15, 0.2) is 17.5 Å². The van der Waals surface area contributed by atoms with Gasteiger partial charge in [-0.05, 0) is 64.3 Å². The monoisotopic (exact) mass is 696 g/mol. The van der Waals surface area contributed by atoms with Gasteiger partial charge in [-0.1, -0.05) is 139 Å². The van der Waals surface area contributed by atoms with E-state index < -0.39 is 12.1 Å². The minimum absolute atomic E-state index is 0.000660. The lowest BCUT2D eigenvalue weighted by Crippen LogP contribution is -2.00.